The van der Waals surface area contributed by atoms with Gasteiger partial charge in [0.25, 0.3) is 0 Å². The molecule has 0 spiro atoms. The number of rotatable bonds is 5. The summed E-state index contributed by atoms with van der Waals surface area (Å²) in [6, 6.07) is 0. The molecule has 90 valence electrons. The first-order valence-corrected chi connectivity index (χ1v) is 5.56. The first-order chi connectivity index (χ1) is 7.57. The molecule has 0 aromatic carbocycles. The average molecular weight is 225 g/mol. The number of carbonyl (C=O) groups excluding carboxylic acids is 1. The van der Waals surface area contributed by atoms with Crippen LogP contribution in [0.3, 0.4) is 0 Å². The van der Waals surface area contributed by atoms with E-state index in [0.717, 1.165) is 0 Å². The van der Waals surface area contributed by atoms with Gasteiger partial charge >= 0.3 is 0 Å². The monoisotopic (exact) mass is 225 g/mol. The fourth-order valence-corrected chi connectivity index (χ4v) is 1.79. The minimum absolute atomic E-state index is 0.00429. The lowest BCUT2D eigenvalue weighted by Gasteiger charge is -2.32. The third-order valence-corrected chi connectivity index (χ3v) is 2.72. The zero-order valence-corrected chi connectivity index (χ0v) is 9.77. The molecule has 2 unspecified atom stereocenters. The third-order valence-electron chi connectivity index (χ3n) is 2.72. The van der Waals surface area contributed by atoms with Crippen molar-refractivity contribution in [1.82, 2.24) is 0 Å². The van der Waals surface area contributed by atoms with E-state index < -0.39 is 11.5 Å². The second-order valence-corrected chi connectivity index (χ2v) is 3.83. The zero-order valence-electron chi connectivity index (χ0n) is 9.77. The summed E-state index contributed by atoms with van der Waals surface area (Å²) in [6.07, 6.45) is 5.30. The average Bonchev–Trinajstić information content (AvgIpc) is 2.29. The van der Waals surface area contributed by atoms with Gasteiger partial charge in [-0.15, -0.1) is 0 Å². The molecule has 3 N–H and O–H groups in total. The highest BCUT2D eigenvalue weighted by Crippen LogP contribution is 2.28. The molecule has 0 amide bonds. The second kappa shape index (κ2) is 5.27. The lowest BCUT2D eigenvalue weighted by molar-refractivity contribution is -0.126. The molecule has 1 aliphatic carbocycles. The van der Waals surface area contributed by atoms with Gasteiger partial charge in [0.2, 0.25) is 0 Å². The third kappa shape index (κ3) is 2.51. The number of ketones is 1. The Labute approximate surface area is 95.8 Å². The van der Waals surface area contributed by atoms with Crippen molar-refractivity contribution in [3.63, 3.8) is 0 Å². The molecule has 16 heavy (non-hydrogen) atoms. The topological polar surface area (TPSA) is 72.6 Å². The molecule has 1 rings (SSSR count). The van der Waals surface area contributed by atoms with Crippen LogP contribution in [0.2, 0.25) is 0 Å². The van der Waals surface area contributed by atoms with Crippen LogP contribution in [0.1, 0.15) is 20.3 Å². The molecule has 0 radical (unpaired) electrons. The van der Waals surface area contributed by atoms with Gasteiger partial charge in [-0.2, -0.15) is 0 Å². The van der Waals surface area contributed by atoms with Crippen LogP contribution in [0.5, 0.6) is 0 Å². The van der Waals surface area contributed by atoms with E-state index in [-0.39, 0.29) is 12.3 Å². The van der Waals surface area contributed by atoms with Crippen LogP contribution < -0.4 is 5.73 Å². The fourth-order valence-electron chi connectivity index (χ4n) is 1.79. The van der Waals surface area contributed by atoms with Crippen molar-refractivity contribution in [3.05, 3.63) is 24.0 Å². The minimum Gasteiger partial charge on any atom is -0.494 e. The normalized spacial score (nSPS) is 28.8. The molecule has 0 aliphatic heterocycles. The number of ether oxygens (including phenoxy) is 1. The standard InChI is InChI=1S/C12H19NO3/c1-3-11(14)10-6-5-9(16-4-2)7-12(10,15)8-13/h5-7,10,15H,3-4,8,13H2,1-2H3. The molecule has 2 atom stereocenters. The number of Topliss-reactive ketones (excluding diaryl/α,β-unsaturated/α-hetero) is 1. The molecule has 0 aromatic heterocycles. The maximum atomic E-state index is 11.7. The van der Waals surface area contributed by atoms with Crippen LogP contribution >= 0.6 is 0 Å². The highest BCUT2D eigenvalue weighted by Gasteiger charge is 2.38. The molecule has 4 nitrogen and oxygen atoms in total. The minimum atomic E-state index is -1.31. The SMILES string of the molecule is CCOC1=CC(O)(CN)C(C(=O)CC)C=C1. The van der Waals surface area contributed by atoms with Crippen LogP contribution in [0.15, 0.2) is 24.0 Å². The number of hydrogen-bond acceptors (Lipinski definition) is 4. The van der Waals surface area contributed by atoms with Crippen molar-refractivity contribution in [2.75, 3.05) is 13.2 Å². The van der Waals surface area contributed by atoms with Crippen LogP contribution in [-0.2, 0) is 9.53 Å². The van der Waals surface area contributed by atoms with Crippen LogP contribution in [0.4, 0.5) is 0 Å². The van der Waals surface area contributed by atoms with E-state index >= 15 is 0 Å². The van der Waals surface area contributed by atoms with Crippen LogP contribution in [-0.4, -0.2) is 29.6 Å². The van der Waals surface area contributed by atoms with Gasteiger partial charge in [0.05, 0.1) is 12.5 Å². The lowest BCUT2D eigenvalue weighted by Crippen LogP contribution is -2.47. The Balaban J connectivity index is 2.94. The summed E-state index contributed by atoms with van der Waals surface area (Å²) in [6.45, 7) is 4.15. The van der Waals surface area contributed by atoms with Crippen molar-refractivity contribution >= 4 is 5.78 Å². The predicted octanol–water partition coefficient (Wildman–Crippen LogP) is 0.762. The van der Waals surface area contributed by atoms with Gasteiger partial charge in [-0.3, -0.25) is 4.79 Å². The van der Waals surface area contributed by atoms with Crippen molar-refractivity contribution in [1.29, 1.82) is 0 Å². The van der Waals surface area contributed by atoms with Gasteiger partial charge < -0.3 is 15.6 Å². The summed E-state index contributed by atoms with van der Waals surface area (Å²) in [5, 5.41) is 10.3. The molecule has 0 saturated carbocycles. The number of carbonyl (C=O) groups is 1. The van der Waals surface area contributed by atoms with E-state index in [1.165, 1.54) is 6.08 Å². The summed E-state index contributed by atoms with van der Waals surface area (Å²) in [7, 11) is 0. The maximum Gasteiger partial charge on any atom is 0.142 e. The molecular weight excluding hydrogens is 206 g/mol. The Hall–Kier alpha value is -1.13. The van der Waals surface area contributed by atoms with Crippen molar-refractivity contribution in [3.8, 4) is 0 Å². The molecular formula is C12H19NO3. The van der Waals surface area contributed by atoms with Gasteiger partial charge in [0.15, 0.2) is 0 Å². The highest BCUT2D eigenvalue weighted by atomic mass is 16.5. The van der Waals surface area contributed by atoms with E-state index in [1.807, 2.05) is 6.92 Å². The quantitative estimate of drug-likeness (QED) is 0.724. The Bertz CT molecular complexity index is 322. The Morgan fingerprint density at radius 1 is 1.62 bits per heavy atom. The summed E-state index contributed by atoms with van der Waals surface area (Å²) in [4.78, 5) is 11.7. The van der Waals surface area contributed by atoms with Gasteiger partial charge in [-0.05, 0) is 19.1 Å². The van der Waals surface area contributed by atoms with E-state index in [0.29, 0.717) is 18.8 Å². The zero-order chi connectivity index (χ0) is 12.2. The van der Waals surface area contributed by atoms with Crippen LogP contribution in [0, 0.1) is 5.92 Å². The smallest absolute Gasteiger partial charge is 0.142 e. The first-order valence-electron chi connectivity index (χ1n) is 5.56. The first kappa shape index (κ1) is 12.9. The second-order valence-electron chi connectivity index (χ2n) is 3.83. The van der Waals surface area contributed by atoms with E-state index in [2.05, 4.69) is 0 Å². The van der Waals surface area contributed by atoms with E-state index in [4.69, 9.17) is 10.5 Å². The molecule has 0 bridgehead atoms. The van der Waals surface area contributed by atoms with Crippen molar-refractivity contribution in [2.24, 2.45) is 11.7 Å². The number of nitrogens with two attached hydrogens (primary N) is 1. The fraction of sp³-hybridized carbons (Fsp3) is 0.583. The predicted molar refractivity (Wildman–Crippen MR) is 61.6 cm³/mol. The molecule has 0 fully saturated rings. The maximum absolute atomic E-state index is 11.7. The van der Waals surface area contributed by atoms with Gasteiger partial charge in [-0.25, -0.2) is 0 Å². The van der Waals surface area contributed by atoms with Gasteiger partial charge in [0.1, 0.15) is 17.1 Å². The number of allylic oxidation sites excluding steroid dienone is 1. The molecule has 0 heterocycles. The summed E-state index contributed by atoms with van der Waals surface area (Å²) < 4.78 is 5.29. The highest BCUT2D eigenvalue weighted by molar-refractivity contribution is 5.84. The summed E-state index contributed by atoms with van der Waals surface area (Å²) in [5.41, 5.74) is 4.23. The Morgan fingerprint density at radius 2 is 2.31 bits per heavy atom. The summed E-state index contributed by atoms with van der Waals surface area (Å²) >= 11 is 0. The van der Waals surface area contributed by atoms with Gasteiger partial charge in [0, 0.05) is 13.0 Å². The van der Waals surface area contributed by atoms with Crippen LogP contribution in [0.25, 0.3) is 0 Å². The number of aliphatic hydroxyl groups is 1. The Morgan fingerprint density at radius 3 is 2.81 bits per heavy atom. The van der Waals surface area contributed by atoms with Crippen molar-refractivity contribution < 1.29 is 14.6 Å². The number of hydrogen-bond donors (Lipinski definition) is 2. The van der Waals surface area contributed by atoms with E-state index in [9.17, 15) is 9.90 Å². The molecule has 0 aromatic rings. The molecule has 1 aliphatic rings. The van der Waals surface area contributed by atoms with E-state index in [1.54, 1.807) is 19.1 Å². The largest absolute Gasteiger partial charge is 0.494 e. The van der Waals surface area contributed by atoms with Crippen molar-refractivity contribution in [2.45, 2.75) is 25.9 Å². The Kier molecular flexibility index (Phi) is 4.26. The molecule has 4 heteroatoms. The summed E-state index contributed by atoms with van der Waals surface area (Å²) in [5.74, 6) is -0.0155. The van der Waals surface area contributed by atoms with Gasteiger partial charge in [-0.1, -0.05) is 13.0 Å². The molecule has 0 saturated heterocycles. The lowest BCUT2D eigenvalue weighted by atomic mass is 9.80.